The molecule has 94 valence electrons. The van der Waals surface area contributed by atoms with Gasteiger partial charge in [0, 0.05) is 18.5 Å². The van der Waals surface area contributed by atoms with Crippen molar-refractivity contribution in [2.45, 2.75) is 13.8 Å². The number of allylic oxidation sites excluding steroid dienone is 3. The topological polar surface area (TPSA) is 24.4 Å². The Morgan fingerprint density at radius 3 is 3.28 bits per heavy atom. The van der Waals surface area contributed by atoms with Crippen molar-refractivity contribution in [2.24, 2.45) is 16.8 Å². The number of nitrogens with zero attached hydrogens (tertiary/aromatic N) is 1. The second-order valence-corrected chi connectivity index (χ2v) is 5.64. The quantitative estimate of drug-likeness (QED) is 0.629. The maximum Gasteiger partial charge on any atom is 0.138 e. The summed E-state index contributed by atoms with van der Waals surface area (Å²) in [6.45, 7) is 5.12. The Labute approximate surface area is 117 Å². The van der Waals surface area contributed by atoms with Crippen LogP contribution in [0.25, 0.3) is 0 Å². The van der Waals surface area contributed by atoms with Crippen molar-refractivity contribution in [1.29, 1.82) is 0 Å². The van der Waals surface area contributed by atoms with Gasteiger partial charge in [-0.25, -0.2) is 4.99 Å². The summed E-state index contributed by atoms with van der Waals surface area (Å²) in [6, 6.07) is 0. The van der Waals surface area contributed by atoms with Gasteiger partial charge in [0.25, 0.3) is 0 Å². The van der Waals surface area contributed by atoms with Crippen molar-refractivity contribution < 1.29 is 0 Å². The number of aliphatic imine (C=N–C) groups is 1. The molecule has 0 aliphatic carbocycles. The molecule has 2 nitrogen and oxygen atoms in total. The first-order valence-corrected chi connectivity index (χ1v) is 7.09. The van der Waals surface area contributed by atoms with E-state index in [1.54, 1.807) is 17.8 Å². The SMILES string of the molecule is C/C=C\NC[C@@H](C)C1=CC2C#CC=C(Cl)N=C2S1. The molecule has 2 rings (SSSR count). The molecule has 0 amide bonds. The number of thioether (sulfide) groups is 1. The Morgan fingerprint density at radius 1 is 1.67 bits per heavy atom. The first-order chi connectivity index (χ1) is 8.70. The van der Waals surface area contributed by atoms with Crippen molar-refractivity contribution in [1.82, 2.24) is 5.32 Å². The van der Waals surface area contributed by atoms with E-state index in [0.717, 1.165) is 11.6 Å². The lowest BCUT2D eigenvalue weighted by Gasteiger charge is -2.11. The van der Waals surface area contributed by atoms with Crippen LogP contribution >= 0.6 is 23.4 Å². The summed E-state index contributed by atoms with van der Waals surface area (Å²) in [5.41, 5.74) is 0. The van der Waals surface area contributed by atoms with Gasteiger partial charge in [0.15, 0.2) is 0 Å². The summed E-state index contributed by atoms with van der Waals surface area (Å²) in [6.07, 6.45) is 7.80. The van der Waals surface area contributed by atoms with E-state index in [1.807, 2.05) is 19.2 Å². The molecule has 0 spiro atoms. The lowest BCUT2D eigenvalue weighted by atomic mass is 10.1. The zero-order valence-corrected chi connectivity index (χ0v) is 12.0. The van der Waals surface area contributed by atoms with Crippen molar-refractivity contribution in [3.05, 3.63) is 34.5 Å². The maximum atomic E-state index is 5.93. The molecule has 0 radical (unpaired) electrons. The van der Waals surface area contributed by atoms with E-state index in [0.29, 0.717) is 11.1 Å². The highest BCUT2D eigenvalue weighted by Gasteiger charge is 2.26. The molecule has 0 fully saturated rings. The molecule has 2 aliphatic heterocycles. The van der Waals surface area contributed by atoms with Crippen LogP contribution in [-0.2, 0) is 0 Å². The Bertz CT molecular complexity index is 506. The third kappa shape index (κ3) is 3.22. The zero-order valence-electron chi connectivity index (χ0n) is 10.4. The smallest absolute Gasteiger partial charge is 0.138 e. The van der Waals surface area contributed by atoms with Crippen LogP contribution in [0.5, 0.6) is 0 Å². The second kappa shape index (κ2) is 6.17. The third-order valence-corrected chi connectivity index (χ3v) is 4.18. The fourth-order valence-electron chi connectivity index (χ4n) is 1.71. The molecule has 0 aromatic heterocycles. The van der Waals surface area contributed by atoms with Crippen LogP contribution < -0.4 is 5.32 Å². The molecule has 2 atom stereocenters. The molecule has 0 saturated carbocycles. The molecular weight excluding hydrogens is 264 g/mol. The standard InChI is InChI=1S/C14H15ClN2S/c1-3-7-16-9-10(2)12-8-11-5-4-6-13(15)17-14(11)18-12/h3,6-8,10-11,16H,9H2,1-2H3/b7-3-/t10-,11?/m1/s1. The van der Waals surface area contributed by atoms with Gasteiger partial charge >= 0.3 is 0 Å². The first kappa shape index (κ1) is 13.3. The van der Waals surface area contributed by atoms with E-state index >= 15 is 0 Å². The van der Waals surface area contributed by atoms with Gasteiger partial charge in [0.1, 0.15) is 5.16 Å². The first-order valence-electron chi connectivity index (χ1n) is 5.90. The third-order valence-electron chi connectivity index (χ3n) is 2.66. The fourth-order valence-corrected chi connectivity index (χ4v) is 3.03. The summed E-state index contributed by atoms with van der Waals surface area (Å²) >= 11 is 7.63. The highest BCUT2D eigenvalue weighted by Crippen LogP contribution is 2.37. The van der Waals surface area contributed by atoms with E-state index in [2.05, 4.69) is 35.1 Å². The largest absolute Gasteiger partial charge is 0.391 e. The van der Waals surface area contributed by atoms with Crippen molar-refractivity contribution in [3.8, 4) is 11.8 Å². The van der Waals surface area contributed by atoms with E-state index in [-0.39, 0.29) is 5.92 Å². The number of hydrogen-bond donors (Lipinski definition) is 1. The van der Waals surface area contributed by atoms with Crippen LogP contribution in [0.4, 0.5) is 0 Å². The second-order valence-electron chi connectivity index (χ2n) is 4.16. The van der Waals surface area contributed by atoms with Crippen LogP contribution in [0.3, 0.4) is 0 Å². The van der Waals surface area contributed by atoms with Crippen LogP contribution in [0.15, 0.2) is 39.5 Å². The molecule has 0 aromatic carbocycles. The maximum absolute atomic E-state index is 5.93. The predicted octanol–water partition coefficient (Wildman–Crippen LogP) is 3.49. The Hall–Kier alpha value is -1.11. The molecular formula is C14H15ClN2S. The van der Waals surface area contributed by atoms with Crippen molar-refractivity contribution >= 4 is 28.4 Å². The average molecular weight is 279 g/mol. The van der Waals surface area contributed by atoms with Gasteiger partial charge in [0.2, 0.25) is 0 Å². The predicted molar refractivity (Wildman–Crippen MR) is 80.3 cm³/mol. The lowest BCUT2D eigenvalue weighted by molar-refractivity contribution is 0.661. The molecule has 1 unspecified atom stereocenters. The van der Waals surface area contributed by atoms with E-state index in [9.17, 15) is 0 Å². The average Bonchev–Trinajstić information content (AvgIpc) is 2.65. The van der Waals surface area contributed by atoms with Crippen molar-refractivity contribution in [3.63, 3.8) is 0 Å². The van der Waals surface area contributed by atoms with Gasteiger partial charge in [-0.3, -0.25) is 0 Å². The Balaban J connectivity index is 2.03. The van der Waals surface area contributed by atoms with Gasteiger partial charge in [0.05, 0.1) is 11.0 Å². The molecule has 4 heteroatoms. The molecule has 0 aromatic rings. The normalized spacial score (nSPS) is 23.3. The van der Waals surface area contributed by atoms with E-state index in [4.69, 9.17) is 11.6 Å². The van der Waals surface area contributed by atoms with Crippen LogP contribution in [0, 0.1) is 23.7 Å². The minimum Gasteiger partial charge on any atom is -0.391 e. The van der Waals surface area contributed by atoms with E-state index in [1.165, 1.54) is 4.91 Å². The van der Waals surface area contributed by atoms with Crippen LogP contribution in [0.1, 0.15) is 13.8 Å². The van der Waals surface area contributed by atoms with Crippen LogP contribution in [0.2, 0.25) is 0 Å². The number of hydrogen-bond acceptors (Lipinski definition) is 3. The lowest BCUT2D eigenvalue weighted by Crippen LogP contribution is -2.15. The minimum atomic E-state index is 0.113. The molecule has 0 bridgehead atoms. The van der Waals surface area contributed by atoms with Gasteiger partial charge in [-0.05, 0) is 18.0 Å². The van der Waals surface area contributed by atoms with Crippen LogP contribution in [-0.4, -0.2) is 11.6 Å². The number of rotatable bonds is 4. The van der Waals surface area contributed by atoms with Gasteiger partial charge in [-0.1, -0.05) is 54.3 Å². The Morgan fingerprint density at radius 2 is 2.50 bits per heavy atom. The highest BCUT2D eigenvalue weighted by atomic mass is 35.5. The molecule has 2 heterocycles. The number of nitrogens with one attached hydrogen (secondary N) is 1. The zero-order chi connectivity index (χ0) is 13.0. The van der Waals surface area contributed by atoms with E-state index < -0.39 is 0 Å². The molecule has 2 aliphatic rings. The summed E-state index contributed by atoms with van der Waals surface area (Å²) in [4.78, 5) is 5.68. The summed E-state index contributed by atoms with van der Waals surface area (Å²) < 4.78 is 0. The monoisotopic (exact) mass is 278 g/mol. The minimum absolute atomic E-state index is 0.113. The number of halogens is 1. The summed E-state index contributed by atoms with van der Waals surface area (Å²) in [7, 11) is 0. The summed E-state index contributed by atoms with van der Waals surface area (Å²) in [5, 5.41) is 4.73. The van der Waals surface area contributed by atoms with Crippen molar-refractivity contribution in [2.75, 3.05) is 6.54 Å². The molecule has 1 N–H and O–H groups in total. The molecule has 0 saturated heterocycles. The van der Waals surface area contributed by atoms with Gasteiger partial charge in [-0.15, -0.1) is 0 Å². The molecule has 18 heavy (non-hydrogen) atoms. The fraction of sp³-hybridized carbons (Fsp3) is 0.357. The highest BCUT2D eigenvalue weighted by molar-refractivity contribution is 8.17. The summed E-state index contributed by atoms with van der Waals surface area (Å²) in [5.74, 6) is 6.65. The van der Waals surface area contributed by atoms with Gasteiger partial charge < -0.3 is 5.32 Å². The Kier molecular flexibility index (Phi) is 4.57. The van der Waals surface area contributed by atoms with Gasteiger partial charge in [-0.2, -0.15) is 0 Å². The number of fused-ring (bicyclic) bond motifs is 1.